The fraction of sp³-hybridized carbons (Fsp3) is 0.0652. The van der Waals surface area contributed by atoms with Crippen molar-refractivity contribution in [2.75, 3.05) is 14.1 Å². The fourth-order valence-electron chi connectivity index (χ4n) is 6.50. The van der Waals surface area contributed by atoms with E-state index in [9.17, 15) is 0 Å². The first-order chi connectivity index (χ1) is 25.1. The zero-order chi connectivity index (χ0) is 35.2. The van der Waals surface area contributed by atoms with Crippen molar-refractivity contribution in [1.29, 1.82) is 0 Å². The Bertz CT molecular complexity index is 2330. The van der Waals surface area contributed by atoms with Crippen molar-refractivity contribution >= 4 is 28.6 Å². The zero-order valence-corrected chi connectivity index (χ0v) is 29.1. The second kappa shape index (κ2) is 14.9. The minimum absolute atomic E-state index is 0.606. The standard InChI is InChI=1S/C46H39N5/c1-5-15-41-39(6-2)40-21-14-13-20-35(40)29-42(41)37-26-36(31-22-24-32(25-23-31)43(48-4)30-47-3)27-38(28-37)46-50-44(33-16-9-7-10-17-33)49-45(51-46)34-18-11-8-12-19-34/h5-30,47-48H,2H2,1,3-4H3/b15-5-,43-30-. The molecule has 0 saturated heterocycles. The summed E-state index contributed by atoms with van der Waals surface area (Å²) in [6, 6.07) is 46.2. The molecule has 0 amide bonds. The average molecular weight is 662 g/mol. The van der Waals surface area contributed by atoms with Gasteiger partial charge in [0.15, 0.2) is 17.5 Å². The molecule has 0 fully saturated rings. The first-order valence-corrected chi connectivity index (χ1v) is 17.1. The van der Waals surface area contributed by atoms with Crippen LogP contribution >= 0.6 is 0 Å². The number of allylic oxidation sites excluding steroid dienone is 1. The lowest BCUT2D eigenvalue weighted by atomic mass is 9.88. The Kier molecular flexibility index (Phi) is 9.62. The van der Waals surface area contributed by atoms with Gasteiger partial charge in [-0.3, -0.25) is 0 Å². The van der Waals surface area contributed by atoms with E-state index in [4.69, 9.17) is 15.0 Å². The molecule has 1 heterocycles. The van der Waals surface area contributed by atoms with Crippen molar-refractivity contribution in [2.24, 2.45) is 0 Å². The molecule has 0 bridgehead atoms. The minimum Gasteiger partial charge on any atom is -0.392 e. The van der Waals surface area contributed by atoms with Gasteiger partial charge in [0.25, 0.3) is 0 Å². The van der Waals surface area contributed by atoms with Crippen LogP contribution in [0.25, 0.3) is 85.0 Å². The lowest BCUT2D eigenvalue weighted by Crippen LogP contribution is -2.08. The predicted molar refractivity (Wildman–Crippen MR) is 215 cm³/mol. The highest BCUT2D eigenvalue weighted by atomic mass is 15.0. The molecule has 0 atom stereocenters. The van der Waals surface area contributed by atoms with E-state index >= 15 is 0 Å². The summed E-state index contributed by atoms with van der Waals surface area (Å²) in [5.41, 5.74) is 11.4. The van der Waals surface area contributed by atoms with E-state index in [1.807, 2.05) is 87.0 Å². The summed E-state index contributed by atoms with van der Waals surface area (Å²) in [7, 11) is 3.83. The van der Waals surface area contributed by atoms with Gasteiger partial charge in [-0.2, -0.15) is 0 Å². The van der Waals surface area contributed by atoms with E-state index in [2.05, 4.69) is 109 Å². The molecular weight excluding hydrogens is 623 g/mol. The van der Waals surface area contributed by atoms with Crippen LogP contribution in [0.15, 0.2) is 152 Å². The van der Waals surface area contributed by atoms with Gasteiger partial charge in [0.05, 0.1) is 5.70 Å². The van der Waals surface area contributed by atoms with Crippen LogP contribution in [0.4, 0.5) is 0 Å². The molecule has 0 aliphatic heterocycles. The Hall–Kier alpha value is -6.59. The van der Waals surface area contributed by atoms with Crippen LogP contribution in [0, 0.1) is 0 Å². The first-order valence-electron chi connectivity index (χ1n) is 17.1. The molecule has 0 spiro atoms. The smallest absolute Gasteiger partial charge is 0.164 e. The van der Waals surface area contributed by atoms with Gasteiger partial charge in [-0.25, -0.2) is 15.0 Å². The third-order valence-corrected chi connectivity index (χ3v) is 8.96. The number of benzene rings is 6. The normalized spacial score (nSPS) is 11.5. The van der Waals surface area contributed by atoms with Crippen molar-refractivity contribution in [1.82, 2.24) is 25.6 Å². The molecule has 0 aliphatic rings. The molecule has 5 heteroatoms. The van der Waals surface area contributed by atoms with Crippen molar-refractivity contribution in [3.8, 4) is 56.4 Å². The summed E-state index contributed by atoms with van der Waals surface area (Å²) in [6.07, 6.45) is 8.19. The molecule has 0 aliphatic carbocycles. The molecular formula is C46H39N5. The maximum atomic E-state index is 5.11. The molecule has 5 nitrogen and oxygen atoms in total. The molecule has 51 heavy (non-hydrogen) atoms. The summed E-state index contributed by atoms with van der Waals surface area (Å²) in [4.78, 5) is 15.2. The Morgan fingerprint density at radius 1 is 0.569 bits per heavy atom. The lowest BCUT2D eigenvalue weighted by Gasteiger charge is -2.17. The number of nitrogens with one attached hydrogen (secondary N) is 2. The molecule has 6 aromatic carbocycles. The van der Waals surface area contributed by atoms with E-state index in [-0.39, 0.29) is 0 Å². The van der Waals surface area contributed by atoms with Crippen LogP contribution in [0.2, 0.25) is 0 Å². The molecule has 248 valence electrons. The highest BCUT2D eigenvalue weighted by Gasteiger charge is 2.17. The topological polar surface area (TPSA) is 62.7 Å². The Morgan fingerprint density at radius 2 is 1.14 bits per heavy atom. The Morgan fingerprint density at radius 3 is 1.73 bits per heavy atom. The number of hydrogen-bond acceptors (Lipinski definition) is 5. The van der Waals surface area contributed by atoms with Gasteiger partial charge in [-0.15, -0.1) is 0 Å². The maximum Gasteiger partial charge on any atom is 0.164 e. The van der Waals surface area contributed by atoms with Gasteiger partial charge < -0.3 is 10.6 Å². The van der Waals surface area contributed by atoms with Crippen LogP contribution in [-0.2, 0) is 0 Å². The monoisotopic (exact) mass is 661 g/mol. The fourth-order valence-corrected chi connectivity index (χ4v) is 6.50. The summed E-state index contributed by atoms with van der Waals surface area (Å²) in [6.45, 7) is 6.29. The molecule has 1 aromatic heterocycles. The molecule has 7 rings (SSSR count). The van der Waals surface area contributed by atoms with Crippen LogP contribution < -0.4 is 10.6 Å². The minimum atomic E-state index is 0.606. The number of nitrogens with zero attached hydrogens (tertiary/aromatic N) is 3. The quantitative estimate of drug-likeness (QED) is 0.153. The molecule has 0 unspecified atom stereocenters. The third kappa shape index (κ3) is 6.83. The first kappa shape index (κ1) is 32.9. The second-order valence-electron chi connectivity index (χ2n) is 12.2. The predicted octanol–water partition coefficient (Wildman–Crippen LogP) is 10.8. The highest BCUT2D eigenvalue weighted by Crippen LogP contribution is 2.39. The number of rotatable bonds is 10. The van der Waals surface area contributed by atoms with E-state index in [1.54, 1.807) is 0 Å². The van der Waals surface area contributed by atoms with Crippen molar-refractivity contribution in [2.45, 2.75) is 6.92 Å². The van der Waals surface area contributed by atoms with Crippen LogP contribution in [-0.4, -0.2) is 29.0 Å². The zero-order valence-electron chi connectivity index (χ0n) is 29.1. The van der Waals surface area contributed by atoms with Crippen LogP contribution in [0.1, 0.15) is 23.6 Å². The highest BCUT2D eigenvalue weighted by molar-refractivity contribution is 6.00. The Labute approximate surface area is 299 Å². The van der Waals surface area contributed by atoms with Gasteiger partial charge in [0, 0.05) is 37.0 Å². The molecule has 7 aromatic rings. The van der Waals surface area contributed by atoms with Crippen LogP contribution in [0.5, 0.6) is 0 Å². The number of hydrogen-bond donors (Lipinski definition) is 2. The maximum absolute atomic E-state index is 5.11. The lowest BCUT2D eigenvalue weighted by molar-refractivity contribution is 1.05. The van der Waals surface area contributed by atoms with Gasteiger partial charge in [-0.1, -0.05) is 134 Å². The van der Waals surface area contributed by atoms with Crippen molar-refractivity contribution in [3.05, 3.63) is 169 Å². The Balaban J connectivity index is 1.50. The van der Waals surface area contributed by atoms with Gasteiger partial charge in [0.1, 0.15) is 0 Å². The number of aromatic nitrogens is 3. The second-order valence-corrected chi connectivity index (χ2v) is 12.2. The van der Waals surface area contributed by atoms with E-state index in [0.717, 1.165) is 66.7 Å². The van der Waals surface area contributed by atoms with Gasteiger partial charge >= 0.3 is 0 Å². The third-order valence-electron chi connectivity index (χ3n) is 8.96. The summed E-state index contributed by atoms with van der Waals surface area (Å²) < 4.78 is 0. The summed E-state index contributed by atoms with van der Waals surface area (Å²) >= 11 is 0. The van der Waals surface area contributed by atoms with E-state index in [0.29, 0.717) is 17.5 Å². The van der Waals surface area contributed by atoms with Crippen molar-refractivity contribution < 1.29 is 0 Å². The van der Waals surface area contributed by atoms with E-state index < -0.39 is 0 Å². The SMILES string of the molecule is C=Cc1c(/C=C\C)c(-c2cc(-c3ccc(/C(=C/NC)NC)cc3)cc(-c3nc(-c4ccccc4)nc(-c4ccccc4)n3)c2)cc2ccccc12. The molecule has 0 saturated carbocycles. The van der Waals surface area contributed by atoms with E-state index in [1.165, 1.54) is 5.39 Å². The van der Waals surface area contributed by atoms with Gasteiger partial charge in [-0.05, 0) is 80.9 Å². The summed E-state index contributed by atoms with van der Waals surface area (Å²) in [5.74, 6) is 1.86. The van der Waals surface area contributed by atoms with Crippen LogP contribution in [0.3, 0.4) is 0 Å². The average Bonchev–Trinajstić information content (AvgIpc) is 3.20. The summed E-state index contributed by atoms with van der Waals surface area (Å²) in [5, 5.41) is 8.73. The largest absolute Gasteiger partial charge is 0.392 e. The number of fused-ring (bicyclic) bond motifs is 1. The van der Waals surface area contributed by atoms with Crippen molar-refractivity contribution in [3.63, 3.8) is 0 Å². The molecule has 2 N–H and O–H groups in total. The van der Waals surface area contributed by atoms with Gasteiger partial charge in [0.2, 0.25) is 0 Å². The molecule has 0 radical (unpaired) electrons.